The van der Waals surface area contributed by atoms with Crippen molar-refractivity contribution < 1.29 is 9.47 Å². The maximum atomic E-state index is 5.58. The van der Waals surface area contributed by atoms with E-state index in [0.29, 0.717) is 19.2 Å². The fourth-order valence-corrected chi connectivity index (χ4v) is 4.15. The molecule has 2 N–H and O–H groups in total. The lowest BCUT2D eigenvalue weighted by atomic mass is 10.1. The van der Waals surface area contributed by atoms with Gasteiger partial charge in [0.05, 0.1) is 18.7 Å². The second-order valence-corrected chi connectivity index (χ2v) is 7.63. The Morgan fingerprint density at radius 2 is 2.03 bits per heavy atom. The number of methoxy groups -OCH3 is 1. The summed E-state index contributed by atoms with van der Waals surface area (Å²) in [4.78, 5) is 6.85. The minimum atomic E-state index is 0. The minimum Gasteiger partial charge on any atom is -0.493 e. The molecular weight excluding hydrogens is 499 g/mol. The molecule has 160 valence electrons. The molecule has 2 heterocycles. The molecule has 0 saturated carbocycles. The van der Waals surface area contributed by atoms with Gasteiger partial charge in [-0.3, -0.25) is 4.99 Å². The number of hydrogen-bond donors (Lipinski definition) is 2. The van der Waals surface area contributed by atoms with Crippen LogP contribution in [0.2, 0.25) is 0 Å². The number of benzene rings is 1. The Labute approximate surface area is 194 Å². The summed E-state index contributed by atoms with van der Waals surface area (Å²) in [6, 6.07) is 10.8. The molecule has 1 aliphatic rings. The van der Waals surface area contributed by atoms with Crippen LogP contribution in [0.5, 0.6) is 11.5 Å². The van der Waals surface area contributed by atoms with E-state index in [1.54, 1.807) is 7.11 Å². The zero-order chi connectivity index (χ0) is 19.8. The monoisotopic (exact) mass is 530 g/mol. The van der Waals surface area contributed by atoms with Gasteiger partial charge in [-0.2, -0.15) is 0 Å². The number of rotatable bonds is 7. The molecule has 0 unspecified atom stereocenters. The van der Waals surface area contributed by atoms with Crippen LogP contribution in [0.15, 0.2) is 40.7 Å². The van der Waals surface area contributed by atoms with E-state index in [2.05, 4.69) is 38.0 Å². The zero-order valence-corrected chi connectivity index (χ0v) is 20.5. The second kappa shape index (κ2) is 12.1. The summed E-state index contributed by atoms with van der Waals surface area (Å²) in [6.07, 6.45) is 2.21. The Morgan fingerprint density at radius 1 is 1.24 bits per heavy atom. The molecule has 0 amide bonds. The first-order valence-electron chi connectivity index (χ1n) is 9.78. The molecule has 29 heavy (non-hydrogen) atoms. The SMILES string of the molecule is CCOc1ccc(CNC(=NC)NC2CCN(c3cccs3)CC2)cc1OC.I. The summed E-state index contributed by atoms with van der Waals surface area (Å²) in [5, 5.41) is 10.5. The first-order valence-corrected chi connectivity index (χ1v) is 10.7. The highest BCUT2D eigenvalue weighted by Crippen LogP contribution is 2.28. The molecule has 0 aliphatic carbocycles. The van der Waals surface area contributed by atoms with Crippen LogP contribution in [-0.2, 0) is 6.54 Å². The van der Waals surface area contributed by atoms with Crippen LogP contribution in [0.4, 0.5) is 5.00 Å². The van der Waals surface area contributed by atoms with Gasteiger partial charge < -0.3 is 25.0 Å². The number of nitrogens with zero attached hydrogens (tertiary/aromatic N) is 2. The van der Waals surface area contributed by atoms with Gasteiger partial charge in [-0.25, -0.2) is 0 Å². The summed E-state index contributed by atoms with van der Waals surface area (Å²) >= 11 is 1.81. The van der Waals surface area contributed by atoms with Gasteiger partial charge in [0, 0.05) is 32.7 Å². The number of anilines is 1. The molecule has 0 atom stereocenters. The van der Waals surface area contributed by atoms with Gasteiger partial charge in [0.1, 0.15) is 0 Å². The van der Waals surface area contributed by atoms with Gasteiger partial charge in [-0.05, 0) is 55.0 Å². The molecule has 8 heteroatoms. The van der Waals surface area contributed by atoms with Gasteiger partial charge in [0.15, 0.2) is 17.5 Å². The van der Waals surface area contributed by atoms with Crippen molar-refractivity contribution in [2.75, 3.05) is 38.8 Å². The molecule has 1 aliphatic heterocycles. The van der Waals surface area contributed by atoms with Crippen LogP contribution in [-0.4, -0.2) is 45.9 Å². The summed E-state index contributed by atoms with van der Waals surface area (Å²) in [5.41, 5.74) is 1.12. The van der Waals surface area contributed by atoms with E-state index in [4.69, 9.17) is 9.47 Å². The highest BCUT2D eigenvalue weighted by molar-refractivity contribution is 14.0. The molecule has 0 radical (unpaired) electrons. The Morgan fingerprint density at radius 3 is 2.66 bits per heavy atom. The number of halogens is 1. The van der Waals surface area contributed by atoms with E-state index in [9.17, 15) is 0 Å². The third-order valence-electron chi connectivity index (χ3n) is 4.87. The van der Waals surface area contributed by atoms with Crippen molar-refractivity contribution in [3.05, 3.63) is 41.3 Å². The van der Waals surface area contributed by atoms with Crippen molar-refractivity contribution in [3.63, 3.8) is 0 Å². The first kappa shape index (κ1) is 23.6. The van der Waals surface area contributed by atoms with E-state index in [1.165, 1.54) is 5.00 Å². The third kappa shape index (κ3) is 6.67. The lowest BCUT2D eigenvalue weighted by molar-refractivity contribution is 0.310. The topological polar surface area (TPSA) is 58.1 Å². The minimum absolute atomic E-state index is 0. The number of aliphatic imine (C=N–C) groups is 1. The Hall–Kier alpha value is -1.68. The van der Waals surface area contributed by atoms with E-state index < -0.39 is 0 Å². The highest BCUT2D eigenvalue weighted by atomic mass is 127. The number of guanidine groups is 1. The van der Waals surface area contributed by atoms with Crippen molar-refractivity contribution in [1.29, 1.82) is 0 Å². The Bertz CT molecular complexity index is 762. The Balaban J connectivity index is 0.00000300. The van der Waals surface area contributed by atoms with Crippen LogP contribution in [0.1, 0.15) is 25.3 Å². The summed E-state index contributed by atoms with van der Waals surface area (Å²) in [5.74, 6) is 2.36. The number of thiophene rings is 1. The van der Waals surface area contributed by atoms with Gasteiger partial charge in [0.2, 0.25) is 0 Å². The Kier molecular flexibility index (Phi) is 9.86. The molecule has 3 rings (SSSR count). The van der Waals surface area contributed by atoms with E-state index in [1.807, 2.05) is 43.5 Å². The normalized spacial score (nSPS) is 14.9. The average Bonchev–Trinajstić information content (AvgIpc) is 3.27. The molecule has 1 fully saturated rings. The predicted molar refractivity (Wildman–Crippen MR) is 132 cm³/mol. The summed E-state index contributed by atoms with van der Waals surface area (Å²) < 4.78 is 11.0. The lowest BCUT2D eigenvalue weighted by Crippen LogP contribution is -2.48. The molecule has 0 bridgehead atoms. The lowest BCUT2D eigenvalue weighted by Gasteiger charge is -2.33. The number of piperidine rings is 1. The van der Waals surface area contributed by atoms with E-state index in [-0.39, 0.29) is 24.0 Å². The largest absolute Gasteiger partial charge is 0.493 e. The van der Waals surface area contributed by atoms with Crippen LogP contribution in [0.3, 0.4) is 0 Å². The first-order chi connectivity index (χ1) is 13.7. The quantitative estimate of drug-likeness (QED) is 0.321. The van der Waals surface area contributed by atoms with Crippen molar-refractivity contribution in [3.8, 4) is 11.5 Å². The molecule has 1 aromatic heterocycles. The summed E-state index contributed by atoms with van der Waals surface area (Å²) in [7, 11) is 3.48. The van der Waals surface area contributed by atoms with Gasteiger partial charge in [-0.15, -0.1) is 35.3 Å². The summed E-state index contributed by atoms with van der Waals surface area (Å²) in [6.45, 7) is 5.41. The molecule has 1 aromatic carbocycles. The fourth-order valence-electron chi connectivity index (χ4n) is 3.36. The molecule has 1 saturated heterocycles. The van der Waals surface area contributed by atoms with Gasteiger partial charge in [-0.1, -0.05) is 6.07 Å². The number of hydrogen-bond acceptors (Lipinski definition) is 5. The predicted octanol–water partition coefficient (Wildman–Crippen LogP) is 4.11. The average molecular weight is 530 g/mol. The number of ether oxygens (including phenoxy) is 2. The van der Waals surface area contributed by atoms with Gasteiger partial charge >= 0.3 is 0 Å². The van der Waals surface area contributed by atoms with Crippen LogP contribution in [0, 0.1) is 0 Å². The molecule has 6 nitrogen and oxygen atoms in total. The van der Waals surface area contributed by atoms with Gasteiger partial charge in [0.25, 0.3) is 0 Å². The fraction of sp³-hybridized carbons (Fsp3) is 0.476. The smallest absolute Gasteiger partial charge is 0.191 e. The van der Waals surface area contributed by atoms with Crippen LogP contribution in [0.25, 0.3) is 0 Å². The van der Waals surface area contributed by atoms with E-state index >= 15 is 0 Å². The van der Waals surface area contributed by atoms with Crippen molar-refractivity contribution in [1.82, 2.24) is 10.6 Å². The second-order valence-electron chi connectivity index (χ2n) is 6.70. The van der Waals surface area contributed by atoms with Crippen molar-refractivity contribution in [2.24, 2.45) is 4.99 Å². The van der Waals surface area contributed by atoms with Crippen molar-refractivity contribution in [2.45, 2.75) is 32.4 Å². The van der Waals surface area contributed by atoms with Crippen LogP contribution < -0.4 is 25.0 Å². The maximum absolute atomic E-state index is 5.58. The van der Waals surface area contributed by atoms with Crippen LogP contribution >= 0.6 is 35.3 Å². The standard InChI is InChI=1S/C21H30N4O2S.HI/c1-4-27-18-8-7-16(14-19(18)26-3)15-23-21(22-2)24-17-9-11-25(12-10-17)20-6-5-13-28-20;/h5-8,13-14,17H,4,9-12,15H2,1-3H3,(H2,22,23,24);1H. The zero-order valence-electron chi connectivity index (χ0n) is 17.3. The third-order valence-corrected chi connectivity index (χ3v) is 5.79. The van der Waals surface area contributed by atoms with E-state index in [0.717, 1.165) is 49.0 Å². The number of nitrogens with one attached hydrogen (secondary N) is 2. The van der Waals surface area contributed by atoms with Crippen molar-refractivity contribution >= 4 is 46.3 Å². The maximum Gasteiger partial charge on any atom is 0.191 e. The highest BCUT2D eigenvalue weighted by Gasteiger charge is 2.20. The molecular formula is C21H31IN4O2S. The molecule has 0 spiro atoms. The molecule has 2 aromatic rings.